The number of thiophene rings is 1. The number of aromatic nitrogens is 2. The zero-order valence-electron chi connectivity index (χ0n) is 21.8. The van der Waals surface area contributed by atoms with Gasteiger partial charge in [-0.25, -0.2) is 9.78 Å². The zero-order valence-corrected chi connectivity index (χ0v) is 23.4. The molecule has 194 valence electrons. The standard InChI is InChI=1S/C26H35N5O3S2/c1-7-15(2)28-11-9-21(32)30-24-22(23-29-18-13-27-10-8-19(18)35-23)17-12-16(3)31(14-20(17)36-24)25(33)34-26(4,5)6/h8,10,13,15-16,28H,7,9,11-12,14H2,1-6H3,(H,30,32)/t15-,16-/m0/s1. The number of amides is 2. The summed E-state index contributed by atoms with van der Waals surface area (Å²) in [7, 11) is 0. The minimum Gasteiger partial charge on any atom is -0.444 e. The predicted octanol–water partition coefficient (Wildman–Crippen LogP) is 5.82. The van der Waals surface area contributed by atoms with Crippen molar-refractivity contribution in [1.29, 1.82) is 0 Å². The van der Waals surface area contributed by atoms with Crippen LogP contribution in [0.2, 0.25) is 0 Å². The lowest BCUT2D eigenvalue weighted by Crippen LogP contribution is -2.44. The highest BCUT2D eigenvalue weighted by atomic mass is 32.1. The van der Waals surface area contributed by atoms with Crippen LogP contribution < -0.4 is 10.6 Å². The van der Waals surface area contributed by atoms with Gasteiger partial charge >= 0.3 is 6.09 Å². The molecule has 0 aliphatic carbocycles. The smallest absolute Gasteiger partial charge is 0.410 e. The number of hydrogen-bond acceptors (Lipinski definition) is 8. The highest BCUT2D eigenvalue weighted by molar-refractivity contribution is 7.22. The van der Waals surface area contributed by atoms with Crippen LogP contribution in [0, 0.1) is 0 Å². The van der Waals surface area contributed by atoms with E-state index in [1.165, 1.54) is 11.3 Å². The van der Waals surface area contributed by atoms with Gasteiger partial charge < -0.3 is 20.3 Å². The Morgan fingerprint density at radius 2 is 2.08 bits per heavy atom. The monoisotopic (exact) mass is 529 g/mol. The van der Waals surface area contributed by atoms with Crippen LogP contribution in [0.4, 0.5) is 9.80 Å². The van der Waals surface area contributed by atoms with E-state index in [1.807, 2.05) is 33.8 Å². The lowest BCUT2D eigenvalue weighted by Gasteiger charge is -2.35. The van der Waals surface area contributed by atoms with Crippen LogP contribution >= 0.6 is 22.7 Å². The molecule has 0 aromatic carbocycles. The van der Waals surface area contributed by atoms with Crippen LogP contribution in [0.15, 0.2) is 18.5 Å². The second-order valence-corrected chi connectivity index (χ2v) is 12.4. The number of ether oxygens (including phenoxy) is 1. The fourth-order valence-electron chi connectivity index (χ4n) is 4.10. The summed E-state index contributed by atoms with van der Waals surface area (Å²) in [5.74, 6) is -0.0366. The molecule has 36 heavy (non-hydrogen) atoms. The largest absolute Gasteiger partial charge is 0.444 e. The van der Waals surface area contributed by atoms with Crippen LogP contribution in [0.25, 0.3) is 20.8 Å². The van der Waals surface area contributed by atoms with Crippen LogP contribution in [0.5, 0.6) is 0 Å². The Bertz CT molecular complexity index is 1210. The molecule has 8 nitrogen and oxygen atoms in total. The minimum absolute atomic E-state index is 0.0366. The van der Waals surface area contributed by atoms with Crippen molar-refractivity contribution in [2.45, 2.75) is 85.0 Å². The number of thiazole rings is 1. The molecule has 2 atom stereocenters. The number of fused-ring (bicyclic) bond motifs is 2. The van der Waals surface area contributed by atoms with E-state index in [9.17, 15) is 9.59 Å². The van der Waals surface area contributed by atoms with Gasteiger partial charge in [0.25, 0.3) is 0 Å². The number of pyridine rings is 1. The summed E-state index contributed by atoms with van der Waals surface area (Å²) in [4.78, 5) is 37.7. The molecule has 0 radical (unpaired) electrons. The first-order valence-corrected chi connectivity index (χ1v) is 14.1. The summed E-state index contributed by atoms with van der Waals surface area (Å²) in [6, 6.07) is 2.29. The lowest BCUT2D eigenvalue weighted by molar-refractivity contribution is -0.116. The van der Waals surface area contributed by atoms with Crippen LogP contribution in [0.3, 0.4) is 0 Å². The van der Waals surface area contributed by atoms with Gasteiger partial charge in [0.2, 0.25) is 5.91 Å². The van der Waals surface area contributed by atoms with Gasteiger partial charge in [-0.1, -0.05) is 6.92 Å². The van der Waals surface area contributed by atoms with Gasteiger partial charge in [0.05, 0.1) is 17.4 Å². The van der Waals surface area contributed by atoms with Crippen LogP contribution in [-0.4, -0.2) is 51.1 Å². The molecule has 10 heteroatoms. The molecule has 0 spiro atoms. The van der Waals surface area contributed by atoms with E-state index in [1.54, 1.807) is 28.6 Å². The average Bonchev–Trinajstić information content (AvgIpc) is 3.37. The van der Waals surface area contributed by atoms with Crippen LogP contribution in [-0.2, 0) is 22.5 Å². The van der Waals surface area contributed by atoms with Crippen molar-refractivity contribution in [2.24, 2.45) is 0 Å². The number of hydrogen-bond donors (Lipinski definition) is 2. The molecule has 0 fully saturated rings. The Morgan fingerprint density at radius 3 is 2.78 bits per heavy atom. The zero-order chi connectivity index (χ0) is 26.0. The maximum Gasteiger partial charge on any atom is 0.410 e. The van der Waals surface area contributed by atoms with Gasteiger partial charge in [0, 0.05) is 41.7 Å². The van der Waals surface area contributed by atoms with Gasteiger partial charge in [-0.15, -0.1) is 22.7 Å². The molecule has 1 aliphatic rings. The summed E-state index contributed by atoms with van der Waals surface area (Å²) >= 11 is 3.13. The molecule has 2 N–H and O–H groups in total. The van der Waals surface area contributed by atoms with Gasteiger partial charge in [-0.05, 0) is 59.1 Å². The Morgan fingerprint density at radius 1 is 1.31 bits per heavy atom. The molecule has 0 bridgehead atoms. The van der Waals surface area contributed by atoms with Crippen molar-refractivity contribution in [3.8, 4) is 10.6 Å². The van der Waals surface area contributed by atoms with E-state index in [4.69, 9.17) is 9.72 Å². The van der Waals surface area contributed by atoms with E-state index in [-0.39, 0.29) is 18.0 Å². The molecule has 2 amide bonds. The van der Waals surface area contributed by atoms with E-state index in [2.05, 4.69) is 29.5 Å². The van der Waals surface area contributed by atoms with Crippen molar-refractivity contribution < 1.29 is 14.3 Å². The Labute approximate surface area is 220 Å². The van der Waals surface area contributed by atoms with Gasteiger partial charge in [-0.2, -0.15) is 0 Å². The fraction of sp³-hybridized carbons (Fsp3) is 0.538. The molecule has 0 saturated carbocycles. The van der Waals surface area contributed by atoms with Crippen LogP contribution in [0.1, 0.15) is 64.8 Å². The SMILES string of the molecule is CC[C@H](C)NCCC(=O)Nc1sc2c(c1-c1nc3cnccc3s1)C[C@H](C)N(C(=O)OC(C)(C)C)C2. The molecule has 3 aromatic rings. The third kappa shape index (κ3) is 6.04. The molecule has 1 aliphatic heterocycles. The van der Waals surface area contributed by atoms with Crippen molar-refractivity contribution in [2.75, 3.05) is 11.9 Å². The quantitative estimate of drug-likeness (QED) is 0.400. The van der Waals surface area contributed by atoms with E-state index in [0.29, 0.717) is 32.0 Å². The fourth-order valence-corrected chi connectivity index (χ4v) is 6.43. The normalized spacial score (nSPS) is 16.6. The lowest BCUT2D eigenvalue weighted by atomic mass is 9.97. The molecular weight excluding hydrogens is 494 g/mol. The third-order valence-corrected chi connectivity index (χ3v) is 8.36. The van der Waals surface area contributed by atoms with Crippen molar-refractivity contribution in [3.05, 3.63) is 28.9 Å². The first kappa shape index (κ1) is 26.5. The highest BCUT2D eigenvalue weighted by Crippen LogP contribution is 2.46. The topological polar surface area (TPSA) is 96.5 Å². The maximum absolute atomic E-state index is 12.9. The summed E-state index contributed by atoms with van der Waals surface area (Å²) in [6.07, 6.45) is 5.28. The molecule has 3 aromatic heterocycles. The highest BCUT2D eigenvalue weighted by Gasteiger charge is 2.35. The molecule has 0 unspecified atom stereocenters. The predicted molar refractivity (Wildman–Crippen MR) is 147 cm³/mol. The average molecular weight is 530 g/mol. The molecular formula is C26H35N5O3S2. The summed E-state index contributed by atoms with van der Waals surface area (Å²) in [6.45, 7) is 13.0. The van der Waals surface area contributed by atoms with E-state index in [0.717, 1.165) is 42.7 Å². The summed E-state index contributed by atoms with van der Waals surface area (Å²) in [5, 5.41) is 8.18. The number of rotatable bonds is 7. The number of carbonyl (C=O) groups is 2. The second-order valence-electron chi connectivity index (χ2n) is 10.3. The number of anilines is 1. The first-order valence-electron chi connectivity index (χ1n) is 12.4. The van der Waals surface area contributed by atoms with Gasteiger partial charge in [0.15, 0.2) is 0 Å². The summed E-state index contributed by atoms with van der Waals surface area (Å²) < 4.78 is 6.71. The molecule has 4 heterocycles. The number of nitrogens with zero attached hydrogens (tertiary/aromatic N) is 3. The first-order chi connectivity index (χ1) is 17.1. The number of nitrogens with one attached hydrogen (secondary N) is 2. The molecule has 4 rings (SSSR count). The third-order valence-electron chi connectivity index (χ3n) is 6.18. The van der Waals surface area contributed by atoms with Crippen molar-refractivity contribution in [1.82, 2.24) is 20.2 Å². The maximum atomic E-state index is 12.9. The van der Waals surface area contributed by atoms with E-state index < -0.39 is 5.60 Å². The van der Waals surface area contributed by atoms with Crippen molar-refractivity contribution >= 4 is 49.9 Å². The minimum atomic E-state index is -0.560. The number of carbonyl (C=O) groups excluding carboxylic acids is 2. The van der Waals surface area contributed by atoms with Gasteiger partial charge in [0.1, 0.15) is 21.1 Å². The Balaban J connectivity index is 1.65. The second kappa shape index (κ2) is 10.8. The van der Waals surface area contributed by atoms with Gasteiger partial charge in [-0.3, -0.25) is 9.78 Å². The Hall–Kier alpha value is -2.56. The van der Waals surface area contributed by atoms with Crippen molar-refractivity contribution in [3.63, 3.8) is 0 Å². The Kier molecular flexibility index (Phi) is 7.96. The molecule has 0 saturated heterocycles. The summed E-state index contributed by atoms with van der Waals surface area (Å²) in [5.41, 5.74) is 2.39. The van der Waals surface area contributed by atoms with E-state index >= 15 is 0 Å².